The maximum absolute atomic E-state index is 11.9. The van der Waals surface area contributed by atoms with Crippen molar-refractivity contribution in [3.05, 3.63) is 46.6 Å². The molecule has 0 bridgehead atoms. The smallest absolute Gasteiger partial charge is 0.323 e. The monoisotopic (exact) mass is 233 g/mol. The zero-order valence-electron chi connectivity index (χ0n) is 9.10. The minimum Gasteiger partial charge on any atom is -0.508 e. The average Bonchev–Trinajstić information content (AvgIpc) is 2.75. The molecule has 0 spiro atoms. The lowest BCUT2D eigenvalue weighted by molar-refractivity contribution is 0.0988. The van der Waals surface area contributed by atoms with Crippen LogP contribution >= 0.6 is 0 Å². The van der Waals surface area contributed by atoms with E-state index in [1.54, 1.807) is 19.2 Å². The molecule has 3 N–H and O–H groups in total. The van der Waals surface area contributed by atoms with Crippen LogP contribution in [-0.4, -0.2) is 28.0 Å². The lowest BCUT2D eigenvalue weighted by Gasteiger charge is -2.16. The fraction of sp³-hybridized carbons (Fsp3) is 0.0909. The third-order valence-corrected chi connectivity index (χ3v) is 2.37. The second kappa shape index (κ2) is 4.17. The molecule has 0 fully saturated rings. The van der Waals surface area contributed by atoms with E-state index in [4.69, 9.17) is 5.11 Å². The molecule has 1 amide bonds. The molecule has 0 aliphatic carbocycles. The fourth-order valence-electron chi connectivity index (χ4n) is 1.42. The fourth-order valence-corrected chi connectivity index (χ4v) is 1.42. The van der Waals surface area contributed by atoms with Crippen molar-refractivity contribution in [3.8, 4) is 5.75 Å². The lowest BCUT2D eigenvalue weighted by Crippen LogP contribution is -2.26. The van der Waals surface area contributed by atoms with Gasteiger partial charge in [0, 0.05) is 18.9 Å². The minimum absolute atomic E-state index is 0.129. The Morgan fingerprint density at radius 1 is 1.29 bits per heavy atom. The first-order valence-electron chi connectivity index (χ1n) is 4.92. The molecule has 0 radical (unpaired) electrons. The van der Waals surface area contributed by atoms with E-state index in [0.717, 1.165) is 0 Å². The van der Waals surface area contributed by atoms with Crippen molar-refractivity contribution in [1.82, 2.24) is 9.97 Å². The number of hydrogen-bond acceptors (Lipinski definition) is 3. The van der Waals surface area contributed by atoms with Gasteiger partial charge in [-0.2, -0.15) is 0 Å². The summed E-state index contributed by atoms with van der Waals surface area (Å²) in [6.45, 7) is 0. The van der Waals surface area contributed by atoms with Gasteiger partial charge in [-0.1, -0.05) is 0 Å². The predicted octanol–water partition coefficient (Wildman–Crippen LogP) is 0.685. The van der Waals surface area contributed by atoms with E-state index in [9.17, 15) is 9.59 Å². The van der Waals surface area contributed by atoms with E-state index in [1.165, 1.54) is 23.2 Å². The van der Waals surface area contributed by atoms with Crippen LogP contribution in [0.25, 0.3) is 0 Å². The number of nitrogens with zero attached hydrogens (tertiary/aromatic N) is 1. The Balaban J connectivity index is 2.26. The SMILES string of the molecule is CN(C(=O)c1c[nH]c(=O)[nH]1)c1ccc(O)cc1. The van der Waals surface area contributed by atoms with Gasteiger partial charge in [0.2, 0.25) is 0 Å². The normalized spacial score (nSPS) is 10.2. The van der Waals surface area contributed by atoms with E-state index < -0.39 is 5.69 Å². The lowest BCUT2D eigenvalue weighted by atomic mass is 10.2. The number of rotatable bonds is 2. The molecule has 6 nitrogen and oxygen atoms in total. The minimum atomic E-state index is -0.424. The van der Waals surface area contributed by atoms with Gasteiger partial charge in [-0.05, 0) is 24.3 Å². The number of aromatic hydroxyl groups is 1. The molecule has 2 rings (SSSR count). The molecule has 1 aromatic heterocycles. The summed E-state index contributed by atoms with van der Waals surface area (Å²) in [4.78, 5) is 28.9. The first-order chi connectivity index (χ1) is 8.08. The summed E-state index contributed by atoms with van der Waals surface area (Å²) in [5, 5.41) is 9.14. The maximum atomic E-state index is 11.9. The van der Waals surface area contributed by atoms with E-state index in [0.29, 0.717) is 5.69 Å². The Bertz CT molecular complexity index is 583. The molecule has 0 saturated heterocycles. The average molecular weight is 233 g/mol. The number of phenols is 1. The highest BCUT2D eigenvalue weighted by molar-refractivity contribution is 6.04. The number of hydrogen-bond donors (Lipinski definition) is 3. The standard InChI is InChI=1S/C11H11N3O3/c1-14(7-2-4-8(15)5-3-7)10(16)9-6-12-11(17)13-9/h2-6,15H,1H3,(H2,12,13,17). The summed E-state index contributed by atoms with van der Waals surface area (Å²) in [7, 11) is 1.58. The van der Waals surface area contributed by atoms with E-state index >= 15 is 0 Å². The Morgan fingerprint density at radius 2 is 1.94 bits per heavy atom. The van der Waals surface area contributed by atoms with Gasteiger partial charge >= 0.3 is 5.69 Å². The van der Waals surface area contributed by atoms with E-state index in [-0.39, 0.29) is 17.4 Å². The van der Waals surface area contributed by atoms with Crippen molar-refractivity contribution < 1.29 is 9.90 Å². The quantitative estimate of drug-likeness (QED) is 0.712. The Kier molecular flexibility index (Phi) is 2.70. The van der Waals surface area contributed by atoms with E-state index in [1.807, 2.05) is 0 Å². The number of benzene rings is 1. The molecule has 0 atom stereocenters. The highest BCUT2D eigenvalue weighted by Crippen LogP contribution is 2.18. The summed E-state index contributed by atoms with van der Waals surface area (Å²) in [6.07, 6.45) is 1.32. The van der Waals surface area contributed by atoms with Gasteiger partial charge in [-0.15, -0.1) is 0 Å². The molecule has 0 saturated carbocycles. The predicted molar refractivity (Wildman–Crippen MR) is 62.3 cm³/mol. The number of phenolic OH excluding ortho intramolecular Hbond substituents is 1. The van der Waals surface area contributed by atoms with Crippen molar-refractivity contribution in [2.45, 2.75) is 0 Å². The highest BCUT2D eigenvalue weighted by atomic mass is 16.3. The van der Waals surface area contributed by atoms with Crippen LogP contribution in [0.4, 0.5) is 5.69 Å². The maximum Gasteiger partial charge on any atom is 0.323 e. The third-order valence-electron chi connectivity index (χ3n) is 2.37. The van der Waals surface area contributed by atoms with Gasteiger partial charge in [0.05, 0.1) is 0 Å². The molecule has 0 aliphatic rings. The van der Waals surface area contributed by atoms with Gasteiger partial charge in [-0.25, -0.2) is 4.79 Å². The number of anilines is 1. The summed E-state index contributed by atoms with van der Waals surface area (Å²) in [5.41, 5.74) is 0.382. The molecular formula is C11H11N3O3. The van der Waals surface area contributed by atoms with Crippen LogP contribution in [0.3, 0.4) is 0 Å². The van der Waals surface area contributed by atoms with Crippen LogP contribution in [0.2, 0.25) is 0 Å². The first kappa shape index (κ1) is 11.0. The zero-order valence-corrected chi connectivity index (χ0v) is 9.10. The van der Waals surface area contributed by atoms with Crippen molar-refractivity contribution in [2.75, 3.05) is 11.9 Å². The van der Waals surface area contributed by atoms with Crippen molar-refractivity contribution in [2.24, 2.45) is 0 Å². The highest BCUT2D eigenvalue weighted by Gasteiger charge is 2.14. The molecular weight excluding hydrogens is 222 g/mol. The number of carbonyl (C=O) groups is 1. The van der Waals surface area contributed by atoms with Crippen molar-refractivity contribution >= 4 is 11.6 Å². The number of H-pyrrole nitrogens is 2. The van der Waals surface area contributed by atoms with Crippen LogP contribution in [-0.2, 0) is 0 Å². The molecule has 88 valence electrons. The molecule has 17 heavy (non-hydrogen) atoms. The number of aromatic nitrogens is 2. The topological polar surface area (TPSA) is 89.2 Å². The second-order valence-electron chi connectivity index (χ2n) is 3.54. The molecule has 2 aromatic rings. The number of nitrogens with one attached hydrogen (secondary N) is 2. The summed E-state index contributed by atoms with van der Waals surface area (Å²) >= 11 is 0. The Hall–Kier alpha value is -2.50. The van der Waals surface area contributed by atoms with Gasteiger partial charge in [0.15, 0.2) is 0 Å². The first-order valence-corrected chi connectivity index (χ1v) is 4.92. The van der Waals surface area contributed by atoms with E-state index in [2.05, 4.69) is 9.97 Å². The summed E-state index contributed by atoms with van der Waals surface area (Å²) < 4.78 is 0. The zero-order chi connectivity index (χ0) is 12.4. The second-order valence-corrected chi connectivity index (χ2v) is 3.54. The number of aromatic amines is 2. The van der Waals surface area contributed by atoms with Gasteiger partial charge in [0.1, 0.15) is 11.4 Å². The summed E-state index contributed by atoms with van der Waals surface area (Å²) in [6, 6.07) is 6.19. The van der Waals surface area contributed by atoms with Gasteiger partial charge in [0.25, 0.3) is 5.91 Å². The summed E-state index contributed by atoms with van der Waals surface area (Å²) in [5.74, 6) is -0.210. The van der Waals surface area contributed by atoms with Crippen LogP contribution < -0.4 is 10.6 Å². The Morgan fingerprint density at radius 3 is 2.47 bits per heavy atom. The third kappa shape index (κ3) is 2.20. The molecule has 1 aromatic carbocycles. The molecule has 6 heteroatoms. The van der Waals surface area contributed by atoms with Crippen molar-refractivity contribution in [3.63, 3.8) is 0 Å². The van der Waals surface area contributed by atoms with Crippen LogP contribution in [0, 0.1) is 0 Å². The number of imidazole rings is 1. The largest absolute Gasteiger partial charge is 0.508 e. The van der Waals surface area contributed by atoms with Gasteiger partial charge in [-0.3, -0.25) is 4.79 Å². The molecule has 0 unspecified atom stereocenters. The van der Waals surface area contributed by atoms with Crippen LogP contribution in [0.15, 0.2) is 35.3 Å². The number of carbonyl (C=O) groups excluding carboxylic acids is 1. The van der Waals surface area contributed by atoms with Crippen molar-refractivity contribution in [1.29, 1.82) is 0 Å². The molecule has 0 aliphatic heterocycles. The van der Waals surface area contributed by atoms with Gasteiger partial charge < -0.3 is 20.0 Å². The molecule has 1 heterocycles. The number of amides is 1. The van der Waals surface area contributed by atoms with Crippen LogP contribution in [0.1, 0.15) is 10.5 Å². The Labute approximate surface area is 96.5 Å². The van der Waals surface area contributed by atoms with Crippen LogP contribution in [0.5, 0.6) is 5.75 Å².